The second-order valence-electron chi connectivity index (χ2n) is 17.5. The first-order valence-electron chi connectivity index (χ1n) is 25.1. The van der Waals surface area contributed by atoms with Gasteiger partial charge in [0.2, 0.25) is 0 Å². The molecule has 2 rings (SSSR count). The number of ether oxygens (including phenoxy) is 4. The van der Waals surface area contributed by atoms with Crippen molar-refractivity contribution in [2.24, 2.45) is 0 Å². The Morgan fingerprint density at radius 2 is 0.677 bits per heavy atom. The van der Waals surface area contributed by atoms with Crippen LogP contribution >= 0.6 is 0 Å². The number of carbonyl (C=O) groups excluding carboxylic acids is 4. The van der Waals surface area contributed by atoms with Crippen LogP contribution in [0.5, 0.6) is 0 Å². The largest absolute Gasteiger partial charge is 2.00 e. The van der Waals surface area contributed by atoms with Gasteiger partial charge in [0, 0.05) is 13.8 Å². The van der Waals surface area contributed by atoms with Crippen LogP contribution in [-0.2, 0) is 51.3 Å². The van der Waals surface area contributed by atoms with Gasteiger partial charge in [-0.1, -0.05) is 203 Å². The summed E-state index contributed by atoms with van der Waals surface area (Å²) >= 11 is 0. The number of unbranched alkanes of at least 4 members (excludes halogenated alkanes) is 18. The molecule has 4 unspecified atom stereocenters. The van der Waals surface area contributed by atoms with Gasteiger partial charge in [-0.2, -0.15) is 0 Å². The molecule has 0 aliphatic heterocycles. The van der Waals surface area contributed by atoms with Crippen LogP contribution in [-0.4, -0.2) is 97.2 Å². The van der Waals surface area contributed by atoms with E-state index in [1.54, 1.807) is 0 Å². The molecule has 0 amide bonds. The number of hydrogen-bond donors (Lipinski definition) is 0. The number of esters is 2. The van der Waals surface area contributed by atoms with E-state index in [9.17, 15) is 29.4 Å². The zero-order valence-corrected chi connectivity index (χ0v) is 45.5. The van der Waals surface area contributed by atoms with Crippen molar-refractivity contribution in [3.63, 3.8) is 0 Å². The minimum absolute atomic E-state index is 0. The third-order valence-electron chi connectivity index (χ3n) is 11.5. The van der Waals surface area contributed by atoms with Crippen molar-refractivity contribution < 1.29 is 48.3 Å². The summed E-state index contributed by atoms with van der Waals surface area (Å²) < 4.78 is 21.9. The first-order valence-corrected chi connectivity index (χ1v) is 25.1. The first-order chi connectivity index (χ1) is 31.0. The van der Waals surface area contributed by atoms with E-state index >= 15 is 0 Å². The normalized spacial score (nSPS) is 12.7. The molecule has 11 heteroatoms. The monoisotopic (exact) mass is 1030 g/mol. The van der Waals surface area contributed by atoms with Crippen LogP contribution in [0, 0.1) is 0 Å². The third kappa shape index (κ3) is 38.5. The zero-order valence-electron chi connectivity index (χ0n) is 41.1. The molecule has 0 heterocycles. The van der Waals surface area contributed by atoms with E-state index < -0.39 is 24.1 Å². The van der Waals surface area contributed by atoms with Crippen molar-refractivity contribution >= 4 is 72.8 Å². The van der Waals surface area contributed by atoms with Crippen LogP contribution in [0.3, 0.4) is 0 Å². The fourth-order valence-corrected chi connectivity index (χ4v) is 7.82. The Morgan fingerprint density at radius 3 is 0.938 bits per heavy atom. The standard InChI is InChI=1S/2C27H44O5.Ba/c2*1-3-4-19-25(32-23(2)28)20-15-10-8-6-5-7-9-11-16-21-26(27(29)30)31-22-24-17-13-12-14-18-24;/h2*12-14,17-18,25-26H,3-11,15-16,19-22H2,1-2H3,(H,29,30);/q;;+2/p-2. The van der Waals surface area contributed by atoms with Gasteiger partial charge in [-0.05, 0) is 62.5 Å². The summed E-state index contributed by atoms with van der Waals surface area (Å²) in [4.78, 5) is 45.0. The van der Waals surface area contributed by atoms with Gasteiger partial charge in [0.15, 0.2) is 0 Å². The molecule has 2 aromatic carbocycles. The predicted molar refractivity (Wildman–Crippen MR) is 258 cm³/mol. The van der Waals surface area contributed by atoms with Crippen molar-refractivity contribution in [2.75, 3.05) is 0 Å². The maximum atomic E-state index is 11.3. The van der Waals surface area contributed by atoms with E-state index in [-0.39, 0.29) is 73.0 Å². The molecular formula is C54H86BaO10. The first kappa shape index (κ1) is 62.8. The molecule has 10 nitrogen and oxygen atoms in total. The molecule has 2 aromatic rings. The molecule has 0 N–H and O–H groups in total. The van der Waals surface area contributed by atoms with E-state index in [0.717, 1.165) is 114 Å². The quantitative estimate of drug-likeness (QED) is 0.0358. The van der Waals surface area contributed by atoms with Crippen molar-refractivity contribution in [2.45, 2.75) is 245 Å². The van der Waals surface area contributed by atoms with Crippen molar-refractivity contribution in [3.8, 4) is 0 Å². The molecular weight excluding hydrogens is 946 g/mol. The Kier molecular flexibility index (Phi) is 42.8. The summed E-state index contributed by atoms with van der Waals surface area (Å²) in [6, 6.07) is 19.2. The smallest absolute Gasteiger partial charge is 0.547 e. The second-order valence-corrected chi connectivity index (χ2v) is 17.5. The van der Waals surface area contributed by atoms with Gasteiger partial charge in [-0.25, -0.2) is 0 Å². The van der Waals surface area contributed by atoms with Gasteiger partial charge in [-0.3, -0.25) is 9.59 Å². The van der Waals surface area contributed by atoms with Gasteiger partial charge in [-0.15, -0.1) is 0 Å². The molecule has 4 atom stereocenters. The molecule has 0 aliphatic carbocycles. The van der Waals surface area contributed by atoms with Crippen LogP contribution in [0.1, 0.15) is 219 Å². The summed E-state index contributed by atoms with van der Waals surface area (Å²) in [6.07, 6.45) is 28.3. The number of rotatable bonds is 40. The van der Waals surface area contributed by atoms with Crippen LogP contribution in [0.2, 0.25) is 0 Å². The molecule has 0 saturated carbocycles. The van der Waals surface area contributed by atoms with Crippen molar-refractivity contribution in [1.82, 2.24) is 0 Å². The van der Waals surface area contributed by atoms with Crippen LogP contribution in [0.25, 0.3) is 0 Å². The number of carboxylic acid groups (broad SMARTS) is 2. The molecule has 364 valence electrons. The van der Waals surface area contributed by atoms with E-state index in [1.165, 1.54) is 78.1 Å². The van der Waals surface area contributed by atoms with E-state index in [0.29, 0.717) is 26.1 Å². The summed E-state index contributed by atoms with van der Waals surface area (Å²) in [5, 5.41) is 22.6. The number of hydrogen-bond acceptors (Lipinski definition) is 10. The Bertz CT molecular complexity index is 1320. The number of carbonyl (C=O) groups is 4. The molecule has 65 heavy (non-hydrogen) atoms. The summed E-state index contributed by atoms with van der Waals surface area (Å²) in [5.74, 6) is -2.57. The Balaban J connectivity index is 0.00000124. The van der Waals surface area contributed by atoms with Gasteiger partial charge >= 0.3 is 60.8 Å². The minimum Gasteiger partial charge on any atom is -0.547 e. The maximum Gasteiger partial charge on any atom is 2.00 e. The number of benzene rings is 2. The van der Waals surface area contributed by atoms with Gasteiger partial charge in [0.1, 0.15) is 12.2 Å². The van der Waals surface area contributed by atoms with Gasteiger partial charge < -0.3 is 38.7 Å². The van der Waals surface area contributed by atoms with Crippen molar-refractivity contribution in [3.05, 3.63) is 71.8 Å². The third-order valence-corrected chi connectivity index (χ3v) is 11.5. The Hall–Kier alpha value is -2.19. The fourth-order valence-electron chi connectivity index (χ4n) is 7.82. The molecule has 0 fully saturated rings. The van der Waals surface area contributed by atoms with Crippen molar-refractivity contribution in [1.29, 1.82) is 0 Å². The number of carboxylic acids is 2. The topological polar surface area (TPSA) is 151 Å². The van der Waals surface area contributed by atoms with E-state index in [1.807, 2.05) is 60.7 Å². The zero-order chi connectivity index (χ0) is 46.9. The fraction of sp³-hybridized carbons (Fsp3) is 0.704. The summed E-state index contributed by atoms with van der Waals surface area (Å²) in [5.41, 5.74) is 1.95. The van der Waals surface area contributed by atoms with Gasteiger partial charge in [0.05, 0.1) is 37.4 Å². The summed E-state index contributed by atoms with van der Waals surface area (Å²) in [6.45, 7) is 7.92. The molecule has 0 radical (unpaired) electrons. The van der Waals surface area contributed by atoms with E-state index in [4.69, 9.17) is 18.9 Å². The summed E-state index contributed by atoms with van der Waals surface area (Å²) in [7, 11) is 0. The van der Waals surface area contributed by atoms with Crippen LogP contribution < -0.4 is 10.2 Å². The van der Waals surface area contributed by atoms with Crippen LogP contribution in [0.15, 0.2) is 60.7 Å². The Labute approximate surface area is 434 Å². The predicted octanol–water partition coefficient (Wildman–Crippen LogP) is 11.1. The second kappa shape index (κ2) is 44.3. The van der Waals surface area contributed by atoms with Gasteiger partial charge in [0.25, 0.3) is 0 Å². The average molecular weight is 1030 g/mol. The van der Waals surface area contributed by atoms with Crippen LogP contribution in [0.4, 0.5) is 0 Å². The molecule has 0 bridgehead atoms. The Morgan fingerprint density at radius 1 is 0.415 bits per heavy atom. The minimum atomic E-state index is -1.12. The maximum absolute atomic E-state index is 11.3. The molecule has 0 spiro atoms. The molecule has 0 aromatic heterocycles. The average Bonchev–Trinajstić information content (AvgIpc) is 3.27. The SMILES string of the molecule is CCCCC(CCCCCCCCCCCC(OCc1ccccc1)C(=O)[O-])OC(C)=O.CCCCC(CCCCCCCCCCCC(OCc1ccccc1)C(=O)[O-])OC(C)=O.[Ba+2]. The molecule has 0 saturated heterocycles. The van der Waals surface area contributed by atoms with E-state index in [2.05, 4.69) is 13.8 Å². The molecule has 0 aliphatic rings. The number of aliphatic carboxylic acids is 2.